The van der Waals surface area contributed by atoms with Gasteiger partial charge in [0.05, 0.1) is 13.3 Å². The number of amides is 1. The molecule has 0 saturated heterocycles. The first-order chi connectivity index (χ1) is 9.67. The number of benzene rings is 1. The van der Waals surface area contributed by atoms with Gasteiger partial charge in [0, 0.05) is 18.0 Å². The molecule has 2 heterocycles. The Morgan fingerprint density at radius 1 is 1.40 bits per heavy atom. The third-order valence-electron chi connectivity index (χ3n) is 3.01. The Bertz CT molecular complexity index is 739. The number of aryl methyl sites for hydroxylation is 1. The Morgan fingerprint density at radius 3 is 2.95 bits per heavy atom. The van der Waals surface area contributed by atoms with Crippen molar-refractivity contribution >= 4 is 22.5 Å². The lowest BCUT2D eigenvalue weighted by Crippen LogP contribution is -2.12. The molecule has 0 aliphatic heterocycles. The van der Waals surface area contributed by atoms with E-state index in [0.29, 0.717) is 17.3 Å². The summed E-state index contributed by atoms with van der Waals surface area (Å²) < 4.78 is 6.69. The molecule has 0 fully saturated rings. The zero-order valence-electron chi connectivity index (χ0n) is 11.2. The smallest absolute Gasteiger partial charge is 0.272 e. The Labute approximate surface area is 115 Å². The van der Waals surface area contributed by atoms with Gasteiger partial charge in [0.1, 0.15) is 11.4 Å². The number of aromatic nitrogens is 3. The Balaban J connectivity index is 1.88. The van der Waals surface area contributed by atoms with Crippen molar-refractivity contribution in [2.24, 2.45) is 7.05 Å². The number of ether oxygens (including phenoxy) is 1. The number of anilines is 1. The van der Waals surface area contributed by atoms with E-state index >= 15 is 0 Å². The quantitative estimate of drug-likeness (QED) is 0.766. The van der Waals surface area contributed by atoms with Crippen molar-refractivity contribution in [3.63, 3.8) is 0 Å². The number of H-pyrrole nitrogens is 1. The molecule has 2 aromatic heterocycles. The SMILES string of the molecule is COc1nn(C)cc1NC(=O)c1cc2ccccc2[nH]1. The number of para-hydroxylation sites is 1. The van der Waals surface area contributed by atoms with Crippen molar-refractivity contribution in [1.29, 1.82) is 0 Å². The van der Waals surface area contributed by atoms with Crippen molar-refractivity contribution < 1.29 is 9.53 Å². The maximum absolute atomic E-state index is 12.2. The van der Waals surface area contributed by atoms with Crippen LogP contribution in [0.4, 0.5) is 5.69 Å². The van der Waals surface area contributed by atoms with E-state index in [1.165, 1.54) is 7.11 Å². The molecular formula is C14H14N4O2. The van der Waals surface area contributed by atoms with Gasteiger partial charge in [-0.15, -0.1) is 5.10 Å². The number of fused-ring (bicyclic) bond motifs is 1. The highest BCUT2D eigenvalue weighted by atomic mass is 16.5. The normalized spacial score (nSPS) is 10.7. The van der Waals surface area contributed by atoms with Gasteiger partial charge in [-0.1, -0.05) is 18.2 Å². The molecule has 20 heavy (non-hydrogen) atoms. The molecule has 3 rings (SSSR count). The van der Waals surface area contributed by atoms with E-state index in [0.717, 1.165) is 10.9 Å². The summed E-state index contributed by atoms with van der Waals surface area (Å²) in [4.78, 5) is 15.3. The monoisotopic (exact) mass is 270 g/mol. The van der Waals surface area contributed by atoms with Crippen LogP contribution in [-0.2, 0) is 7.05 Å². The van der Waals surface area contributed by atoms with Crippen molar-refractivity contribution in [2.75, 3.05) is 12.4 Å². The van der Waals surface area contributed by atoms with Crippen molar-refractivity contribution in [3.8, 4) is 5.88 Å². The van der Waals surface area contributed by atoms with Crippen molar-refractivity contribution in [2.45, 2.75) is 0 Å². The second-order valence-electron chi connectivity index (χ2n) is 4.45. The molecule has 3 aromatic rings. The molecule has 6 heteroatoms. The van der Waals surface area contributed by atoms with Crippen molar-refractivity contribution in [3.05, 3.63) is 42.2 Å². The first-order valence-corrected chi connectivity index (χ1v) is 6.14. The summed E-state index contributed by atoms with van der Waals surface area (Å²) in [6, 6.07) is 9.55. The zero-order valence-corrected chi connectivity index (χ0v) is 11.2. The van der Waals surface area contributed by atoms with E-state index in [4.69, 9.17) is 4.74 Å². The third-order valence-corrected chi connectivity index (χ3v) is 3.01. The standard InChI is InChI=1S/C14H14N4O2/c1-18-8-12(14(17-18)20-2)16-13(19)11-7-9-5-3-4-6-10(9)15-11/h3-8,15H,1-2H3,(H,16,19). The van der Waals surface area contributed by atoms with Crippen LogP contribution in [-0.4, -0.2) is 27.8 Å². The molecule has 0 aliphatic rings. The molecule has 1 amide bonds. The lowest BCUT2D eigenvalue weighted by Gasteiger charge is -2.02. The summed E-state index contributed by atoms with van der Waals surface area (Å²) >= 11 is 0. The van der Waals surface area contributed by atoms with Crippen LogP contribution < -0.4 is 10.1 Å². The highest BCUT2D eigenvalue weighted by molar-refractivity contribution is 6.06. The fourth-order valence-corrected chi connectivity index (χ4v) is 2.09. The maximum atomic E-state index is 12.2. The minimum absolute atomic E-state index is 0.229. The second-order valence-corrected chi connectivity index (χ2v) is 4.45. The first kappa shape index (κ1) is 12.3. The maximum Gasteiger partial charge on any atom is 0.272 e. The summed E-state index contributed by atoms with van der Waals surface area (Å²) in [5, 5.41) is 7.87. The molecule has 102 valence electrons. The highest BCUT2D eigenvalue weighted by Gasteiger charge is 2.14. The van der Waals surface area contributed by atoms with E-state index < -0.39 is 0 Å². The number of methoxy groups -OCH3 is 1. The largest absolute Gasteiger partial charge is 0.478 e. The van der Waals surface area contributed by atoms with E-state index in [1.54, 1.807) is 17.9 Å². The number of nitrogens with one attached hydrogen (secondary N) is 2. The van der Waals surface area contributed by atoms with Crippen LogP contribution in [0.3, 0.4) is 0 Å². The van der Waals surface area contributed by atoms with Crippen LogP contribution in [0.1, 0.15) is 10.5 Å². The molecule has 0 atom stereocenters. The lowest BCUT2D eigenvalue weighted by atomic mass is 10.2. The molecule has 1 aromatic carbocycles. The number of hydrogen-bond donors (Lipinski definition) is 2. The molecule has 0 aliphatic carbocycles. The molecule has 0 bridgehead atoms. The van der Waals surface area contributed by atoms with Gasteiger partial charge in [-0.25, -0.2) is 0 Å². The van der Waals surface area contributed by atoms with Crippen molar-refractivity contribution in [1.82, 2.24) is 14.8 Å². The van der Waals surface area contributed by atoms with Gasteiger partial charge in [-0.3, -0.25) is 9.48 Å². The third kappa shape index (κ3) is 2.11. The summed E-state index contributed by atoms with van der Waals surface area (Å²) in [7, 11) is 3.28. The average Bonchev–Trinajstić information content (AvgIpc) is 3.01. The molecule has 0 spiro atoms. The molecular weight excluding hydrogens is 256 g/mol. The predicted molar refractivity (Wildman–Crippen MR) is 76.0 cm³/mol. The van der Waals surface area contributed by atoms with Gasteiger partial charge in [-0.2, -0.15) is 0 Å². The van der Waals surface area contributed by atoms with Gasteiger partial charge in [-0.05, 0) is 12.1 Å². The van der Waals surface area contributed by atoms with Crippen LogP contribution in [0.2, 0.25) is 0 Å². The van der Waals surface area contributed by atoms with Crippen LogP contribution in [0.25, 0.3) is 10.9 Å². The number of rotatable bonds is 3. The summed E-state index contributed by atoms with van der Waals surface area (Å²) in [6.07, 6.45) is 1.69. The summed E-state index contributed by atoms with van der Waals surface area (Å²) in [6.45, 7) is 0. The van der Waals surface area contributed by atoms with Gasteiger partial charge in [0.25, 0.3) is 11.8 Å². The van der Waals surface area contributed by atoms with Crippen LogP contribution >= 0.6 is 0 Å². The number of nitrogens with zero attached hydrogens (tertiary/aromatic N) is 2. The van der Waals surface area contributed by atoms with Gasteiger partial charge in [0.15, 0.2) is 0 Å². The zero-order chi connectivity index (χ0) is 14.1. The lowest BCUT2D eigenvalue weighted by molar-refractivity contribution is 0.102. The number of hydrogen-bond acceptors (Lipinski definition) is 3. The summed E-state index contributed by atoms with van der Waals surface area (Å²) in [5.41, 5.74) is 1.96. The second kappa shape index (κ2) is 4.73. The van der Waals surface area contributed by atoms with Gasteiger partial charge in [0.2, 0.25) is 0 Å². The fourth-order valence-electron chi connectivity index (χ4n) is 2.09. The predicted octanol–water partition coefficient (Wildman–Crippen LogP) is 2.16. The fraction of sp³-hybridized carbons (Fsp3) is 0.143. The minimum Gasteiger partial charge on any atom is -0.478 e. The van der Waals surface area contributed by atoms with Crippen LogP contribution in [0.5, 0.6) is 5.88 Å². The number of carbonyl (C=O) groups excluding carboxylic acids is 1. The Kier molecular flexibility index (Phi) is 2.90. The molecule has 0 unspecified atom stereocenters. The highest BCUT2D eigenvalue weighted by Crippen LogP contribution is 2.22. The topological polar surface area (TPSA) is 71.9 Å². The molecule has 0 saturated carbocycles. The van der Waals surface area contributed by atoms with E-state index in [-0.39, 0.29) is 5.91 Å². The molecule has 0 radical (unpaired) electrons. The minimum atomic E-state index is -0.229. The van der Waals surface area contributed by atoms with Crippen LogP contribution in [0, 0.1) is 0 Å². The van der Waals surface area contributed by atoms with E-state index in [9.17, 15) is 4.79 Å². The first-order valence-electron chi connectivity index (χ1n) is 6.14. The van der Waals surface area contributed by atoms with E-state index in [2.05, 4.69) is 15.4 Å². The molecule has 2 N–H and O–H groups in total. The average molecular weight is 270 g/mol. The summed E-state index contributed by atoms with van der Waals surface area (Å²) in [5.74, 6) is 0.157. The van der Waals surface area contributed by atoms with Crippen LogP contribution in [0.15, 0.2) is 36.5 Å². The van der Waals surface area contributed by atoms with Gasteiger partial charge >= 0.3 is 0 Å². The van der Waals surface area contributed by atoms with E-state index in [1.807, 2.05) is 30.3 Å². The number of aromatic amines is 1. The number of carbonyl (C=O) groups is 1. The van der Waals surface area contributed by atoms with Gasteiger partial charge < -0.3 is 15.0 Å². The molecule has 6 nitrogen and oxygen atoms in total. The Hall–Kier alpha value is -2.76. The Morgan fingerprint density at radius 2 is 2.20 bits per heavy atom.